The van der Waals surface area contributed by atoms with Crippen LogP contribution in [0.1, 0.15) is 45.2 Å². The van der Waals surface area contributed by atoms with E-state index in [1.165, 1.54) is 18.2 Å². The molecule has 2 heterocycles. The highest BCUT2D eigenvalue weighted by atomic mass is 19.4. The maximum Gasteiger partial charge on any atom is 0.573 e. The average molecular weight is 359 g/mol. The van der Waals surface area contributed by atoms with Crippen LogP contribution in [0.15, 0.2) is 18.2 Å². The van der Waals surface area contributed by atoms with E-state index >= 15 is 0 Å². The van der Waals surface area contributed by atoms with Crippen LogP contribution in [-0.2, 0) is 4.74 Å². The van der Waals surface area contributed by atoms with Gasteiger partial charge in [0, 0.05) is 18.2 Å². The van der Waals surface area contributed by atoms with Gasteiger partial charge in [-0.25, -0.2) is 4.79 Å². The van der Waals surface area contributed by atoms with Crippen LogP contribution in [0.3, 0.4) is 0 Å². The molecule has 0 saturated carbocycles. The van der Waals surface area contributed by atoms with Gasteiger partial charge in [0.25, 0.3) is 0 Å². The van der Waals surface area contributed by atoms with E-state index in [1.54, 1.807) is 25.7 Å². The molecule has 1 fully saturated rings. The predicted molar refractivity (Wildman–Crippen MR) is 82.5 cm³/mol. The van der Waals surface area contributed by atoms with Crippen molar-refractivity contribution in [3.63, 3.8) is 0 Å². The number of likely N-dealkylation sites (tertiary alicyclic amines) is 1. The first-order valence-electron chi connectivity index (χ1n) is 8.09. The highest BCUT2D eigenvalue weighted by Gasteiger charge is 2.44. The zero-order valence-corrected chi connectivity index (χ0v) is 14.2. The smallest absolute Gasteiger partial charge is 0.487 e. The highest BCUT2D eigenvalue weighted by molar-refractivity contribution is 5.70. The Morgan fingerprint density at radius 2 is 2.00 bits per heavy atom. The number of carbonyl (C=O) groups excluding carboxylic acids is 1. The molecule has 1 aromatic carbocycles. The van der Waals surface area contributed by atoms with E-state index < -0.39 is 18.1 Å². The summed E-state index contributed by atoms with van der Waals surface area (Å²) in [6.45, 7) is 5.87. The van der Waals surface area contributed by atoms with Crippen molar-refractivity contribution in [3.8, 4) is 11.5 Å². The number of halogens is 3. The molecule has 0 radical (unpaired) electrons. The topological polar surface area (TPSA) is 48.0 Å². The van der Waals surface area contributed by atoms with Crippen LogP contribution in [0.4, 0.5) is 18.0 Å². The molecule has 0 unspecified atom stereocenters. The van der Waals surface area contributed by atoms with Gasteiger partial charge in [-0.1, -0.05) is 0 Å². The van der Waals surface area contributed by atoms with E-state index in [-0.39, 0.29) is 17.9 Å². The molecular formula is C17H20F3NO4. The Balaban J connectivity index is 1.85. The van der Waals surface area contributed by atoms with Crippen LogP contribution >= 0.6 is 0 Å². The zero-order valence-electron chi connectivity index (χ0n) is 14.2. The molecule has 138 valence electrons. The minimum Gasteiger partial charge on any atom is -0.487 e. The van der Waals surface area contributed by atoms with Crippen molar-refractivity contribution >= 4 is 6.09 Å². The number of benzene rings is 1. The van der Waals surface area contributed by atoms with Crippen molar-refractivity contribution in [1.82, 2.24) is 4.90 Å². The lowest BCUT2D eigenvalue weighted by molar-refractivity contribution is -0.274. The van der Waals surface area contributed by atoms with Gasteiger partial charge in [-0.2, -0.15) is 0 Å². The fourth-order valence-electron chi connectivity index (χ4n) is 3.20. The minimum absolute atomic E-state index is 0.294. The van der Waals surface area contributed by atoms with Crippen molar-refractivity contribution < 1.29 is 32.2 Å². The summed E-state index contributed by atoms with van der Waals surface area (Å²) in [5.41, 5.74) is 0.0431. The molecule has 25 heavy (non-hydrogen) atoms. The second kappa shape index (κ2) is 6.00. The Labute approximate surface area is 143 Å². The quantitative estimate of drug-likeness (QED) is 0.745. The third-order valence-corrected chi connectivity index (χ3v) is 4.02. The van der Waals surface area contributed by atoms with Gasteiger partial charge in [-0.05, 0) is 45.7 Å². The van der Waals surface area contributed by atoms with Gasteiger partial charge in [0.05, 0.1) is 0 Å². The maximum atomic E-state index is 12.5. The third kappa shape index (κ3) is 3.93. The molecule has 0 spiro atoms. The number of amides is 1. The Morgan fingerprint density at radius 1 is 1.28 bits per heavy atom. The van der Waals surface area contributed by atoms with E-state index in [1.807, 2.05) is 0 Å². The third-order valence-electron chi connectivity index (χ3n) is 4.02. The van der Waals surface area contributed by atoms with Gasteiger partial charge >= 0.3 is 12.5 Å². The van der Waals surface area contributed by atoms with Gasteiger partial charge in [0.2, 0.25) is 0 Å². The van der Waals surface area contributed by atoms with Crippen LogP contribution in [-0.4, -0.2) is 35.6 Å². The van der Waals surface area contributed by atoms with Gasteiger partial charge in [0.1, 0.15) is 29.2 Å². The van der Waals surface area contributed by atoms with Gasteiger partial charge in [-0.3, -0.25) is 4.90 Å². The summed E-state index contributed by atoms with van der Waals surface area (Å²) in [6.07, 6.45) is -4.05. The first-order valence-corrected chi connectivity index (χ1v) is 8.09. The second-order valence-electron chi connectivity index (χ2n) is 7.16. The molecule has 0 aromatic heterocycles. The molecule has 0 aliphatic carbocycles. The number of hydrogen-bond acceptors (Lipinski definition) is 4. The van der Waals surface area contributed by atoms with Crippen LogP contribution in [0.2, 0.25) is 0 Å². The first-order chi connectivity index (χ1) is 11.5. The number of fused-ring (bicyclic) bond motifs is 3. The van der Waals surface area contributed by atoms with Crippen LogP contribution in [0.5, 0.6) is 11.5 Å². The number of carbonyl (C=O) groups is 1. The predicted octanol–water partition coefficient (Wildman–Crippen LogP) is 4.42. The summed E-state index contributed by atoms with van der Waals surface area (Å²) in [7, 11) is 0. The van der Waals surface area contributed by atoms with Gasteiger partial charge in [-0.15, -0.1) is 13.2 Å². The molecule has 8 heteroatoms. The number of rotatable bonds is 1. The molecule has 5 nitrogen and oxygen atoms in total. The van der Waals surface area contributed by atoms with Crippen LogP contribution in [0.25, 0.3) is 0 Å². The molecule has 3 rings (SSSR count). The molecule has 1 saturated heterocycles. The summed E-state index contributed by atoms with van der Waals surface area (Å²) in [4.78, 5) is 14.1. The van der Waals surface area contributed by atoms with E-state index in [0.717, 1.165) is 6.42 Å². The van der Waals surface area contributed by atoms with E-state index in [9.17, 15) is 18.0 Å². The Hall–Kier alpha value is -2.12. The fourth-order valence-corrected chi connectivity index (χ4v) is 3.20. The number of piperidine rings is 1. The molecule has 1 aromatic rings. The lowest BCUT2D eigenvalue weighted by Crippen LogP contribution is -2.46. The van der Waals surface area contributed by atoms with Crippen molar-refractivity contribution in [2.45, 2.75) is 57.7 Å². The molecule has 0 bridgehead atoms. The van der Waals surface area contributed by atoms with E-state index in [0.29, 0.717) is 24.3 Å². The number of hydrogen-bond donors (Lipinski definition) is 0. The molecule has 2 aliphatic heterocycles. The SMILES string of the molecule is CC(C)(C)OC(=O)N1CCC[C@@H]2Oc3cc(OC(F)(F)F)ccc3[C@@H]21. The standard InChI is InChI=1S/C17H20F3NO4/c1-16(2,3)25-15(22)21-8-4-5-12-14(21)11-7-6-10(9-13(11)23-12)24-17(18,19)20/h6-7,9,12,14H,4-5,8H2,1-3H3/t12-,14-/m0/s1. The average Bonchev–Trinajstić information content (AvgIpc) is 2.80. The monoisotopic (exact) mass is 359 g/mol. The number of alkyl halides is 3. The zero-order chi connectivity index (χ0) is 18.4. The van der Waals surface area contributed by atoms with Crippen molar-refractivity contribution in [3.05, 3.63) is 23.8 Å². The fraction of sp³-hybridized carbons (Fsp3) is 0.588. The number of nitrogens with zero attached hydrogens (tertiary/aromatic N) is 1. The summed E-state index contributed by atoms with van der Waals surface area (Å²) >= 11 is 0. The lowest BCUT2D eigenvalue weighted by atomic mass is 9.95. The summed E-state index contributed by atoms with van der Waals surface area (Å²) < 4.78 is 52.3. The van der Waals surface area contributed by atoms with Gasteiger partial charge in [0.15, 0.2) is 0 Å². The second-order valence-corrected chi connectivity index (χ2v) is 7.16. The van der Waals surface area contributed by atoms with Gasteiger partial charge < -0.3 is 14.2 Å². The molecule has 2 atom stereocenters. The van der Waals surface area contributed by atoms with Crippen LogP contribution in [0, 0.1) is 0 Å². The Kier molecular flexibility index (Phi) is 4.25. The molecular weight excluding hydrogens is 339 g/mol. The highest BCUT2D eigenvalue weighted by Crippen LogP contribution is 2.46. The van der Waals surface area contributed by atoms with Crippen molar-refractivity contribution in [2.75, 3.05) is 6.54 Å². The van der Waals surface area contributed by atoms with Crippen molar-refractivity contribution in [1.29, 1.82) is 0 Å². The summed E-state index contributed by atoms with van der Waals surface area (Å²) in [5.74, 6) is -0.0269. The number of ether oxygens (including phenoxy) is 3. The molecule has 0 N–H and O–H groups in total. The summed E-state index contributed by atoms with van der Waals surface area (Å²) in [5, 5.41) is 0. The van der Waals surface area contributed by atoms with E-state index in [2.05, 4.69) is 4.74 Å². The first kappa shape index (κ1) is 17.7. The minimum atomic E-state index is -4.76. The van der Waals surface area contributed by atoms with Crippen LogP contribution < -0.4 is 9.47 Å². The largest absolute Gasteiger partial charge is 0.573 e. The summed E-state index contributed by atoms with van der Waals surface area (Å²) in [6, 6.07) is 3.61. The van der Waals surface area contributed by atoms with E-state index in [4.69, 9.17) is 9.47 Å². The Morgan fingerprint density at radius 3 is 2.64 bits per heavy atom. The molecule has 2 aliphatic rings. The Bertz CT molecular complexity index is 669. The maximum absolute atomic E-state index is 12.5. The van der Waals surface area contributed by atoms with Crippen molar-refractivity contribution in [2.24, 2.45) is 0 Å². The lowest BCUT2D eigenvalue weighted by Gasteiger charge is -2.37. The normalized spacial score (nSPS) is 22.7. The molecule has 1 amide bonds.